The fourth-order valence-electron chi connectivity index (χ4n) is 1.26. The van der Waals surface area contributed by atoms with Gasteiger partial charge in [-0.15, -0.1) is 11.8 Å². The van der Waals surface area contributed by atoms with E-state index >= 15 is 0 Å². The van der Waals surface area contributed by atoms with E-state index in [1.807, 2.05) is 18.2 Å². The first kappa shape index (κ1) is 15.3. The Morgan fingerprint density at radius 3 is 2.61 bits per heavy atom. The van der Waals surface area contributed by atoms with E-state index < -0.39 is 6.04 Å². The molecule has 0 saturated heterocycles. The molecular weight excluding hydrogens is 274 g/mol. The van der Waals surface area contributed by atoms with E-state index in [0.29, 0.717) is 17.2 Å². The van der Waals surface area contributed by atoms with Crippen LogP contribution in [0.15, 0.2) is 29.2 Å². The van der Waals surface area contributed by atoms with Crippen molar-refractivity contribution in [2.75, 3.05) is 19.0 Å². The van der Waals surface area contributed by atoms with E-state index in [4.69, 9.17) is 21.8 Å². The molecule has 1 aromatic carbocycles. The van der Waals surface area contributed by atoms with Crippen molar-refractivity contribution in [2.45, 2.75) is 17.4 Å². The standard InChI is InChI=1S/C12H16ClNO3S/c13-10-3-1-2-4-11(10)18-6-5-12(17)14-9(7-15)8-16/h1-4,9,15-16H,5-8H2,(H,14,17). The Morgan fingerprint density at radius 2 is 2.00 bits per heavy atom. The average Bonchev–Trinajstić information content (AvgIpc) is 2.38. The van der Waals surface area contributed by atoms with Crippen LogP contribution in [0.4, 0.5) is 0 Å². The third-order valence-electron chi connectivity index (χ3n) is 2.23. The summed E-state index contributed by atoms with van der Waals surface area (Å²) in [6.07, 6.45) is 0.312. The molecule has 0 unspecified atom stereocenters. The molecule has 18 heavy (non-hydrogen) atoms. The number of hydrogen-bond donors (Lipinski definition) is 3. The van der Waals surface area contributed by atoms with Crippen LogP contribution in [0, 0.1) is 0 Å². The highest BCUT2D eigenvalue weighted by molar-refractivity contribution is 7.99. The summed E-state index contributed by atoms with van der Waals surface area (Å²) in [4.78, 5) is 12.4. The van der Waals surface area contributed by atoms with Gasteiger partial charge in [0.05, 0.1) is 24.3 Å². The third kappa shape index (κ3) is 5.27. The van der Waals surface area contributed by atoms with Gasteiger partial charge in [0, 0.05) is 17.1 Å². The Labute approximate surface area is 115 Å². The first-order valence-corrected chi connectivity index (χ1v) is 6.92. The zero-order chi connectivity index (χ0) is 13.4. The molecule has 0 aliphatic heterocycles. The van der Waals surface area contributed by atoms with Gasteiger partial charge in [0.1, 0.15) is 0 Å². The minimum atomic E-state index is -0.581. The van der Waals surface area contributed by atoms with Crippen LogP contribution >= 0.6 is 23.4 Å². The van der Waals surface area contributed by atoms with Crippen molar-refractivity contribution >= 4 is 29.3 Å². The summed E-state index contributed by atoms with van der Waals surface area (Å²) >= 11 is 7.48. The van der Waals surface area contributed by atoms with Crippen molar-refractivity contribution < 1.29 is 15.0 Å². The zero-order valence-electron chi connectivity index (χ0n) is 9.80. The van der Waals surface area contributed by atoms with Gasteiger partial charge in [0.2, 0.25) is 5.91 Å². The van der Waals surface area contributed by atoms with Crippen molar-refractivity contribution in [1.29, 1.82) is 0 Å². The summed E-state index contributed by atoms with van der Waals surface area (Å²) in [5.74, 6) is 0.404. The van der Waals surface area contributed by atoms with Crippen molar-refractivity contribution in [3.8, 4) is 0 Å². The van der Waals surface area contributed by atoms with Gasteiger partial charge >= 0.3 is 0 Å². The monoisotopic (exact) mass is 289 g/mol. The van der Waals surface area contributed by atoms with Crippen LogP contribution in [0.2, 0.25) is 5.02 Å². The number of carbonyl (C=O) groups excluding carboxylic acids is 1. The number of carbonyl (C=O) groups is 1. The Bertz CT molecular complexity index is 385. The van der Waals surface area contributed by atoms with Crippen molar-refractivity contribution in [2.24, 2.45) is 0 Å². The fraction of sp³-hybridized carbons (Fsp3) is 0.417. The third-order valence-corrected chi connectivity index (χ3v) is 3.75. The van der Waals surface area contributed by atoms with Gasteiger partial charge in [0.25, 0.3) is 0 Å². The molecule has 0 spiro atoms. The number of amides is 1. The molecule has 3 N–H and O–H groups in total. The second-order valence-corrected chi connectivity index (χ2v) is 5.20. The van der Waals surface area contributed by atoms with Crippen LogP contribution in [0.3, 0.4) is 0 Å². The molecule has 1 rings (SSSR count). The molecule has 100 valence electrons. The number of nitrogens with one attached hydrogen (secondary N) is 1. The number of rotatable bonds is 7. The van der Waals surface area contributed by atoms with Crippen molar-refractivity contribution in [1.82, 2.24) is 5.32 Å². The van der Waals surface area contributed by atoms with E-state index in [1.54, 1.807) is 6.07 Å². The van der Waals surface area contributed by atoms with Crippen LogP contribution < -0.4 is 5.32 Å². The second kappa shape index (κ2) is 8.37. The number of benzene rings is 1. The summed E-state index contributed by atoms with van der Waals surface area (Å²) in [6, 6.07) is 6.86. The Hall–Kier alpha value is -0.750. The number of aliphatic hydroxyl groups excluding tert-OH is 2. The number of hydrogen-bond acceptors (Lipinski definition) is 4. The molecule has 0 aromatic heterocycles. The van der Waals surface area contributed by atoms with E-state index in [-0.39, 0.29) is 19.1 Å². The van der Waals surface area contributed by atoms with E-state index in [1.165, 1.54) is 11.8 Å². The minimum absolute atomic E-state index is 0.192. The molecule has 0 aliphatic rings. The molecular formula is C12H16ClNO3S. The van der Waals surface area contributed by atoms with Gasteiger partial charge in [-0.25, -0.2) is 0 Å². The van der Waals surface area contributed by atoms with Crippen LogP contribution in [-0.4, -0.2) is 41.1 Å². The van der Waals surface area contributed by atoms with Crippen LogP contribution in [0.5, 0.6) is 0 Å². The molecule has 0 bridgehead atoms. The quantitative estimate of drug-likeness (QED) is 0.662. The van der Waals surface area contributed by atoms with Gasteiger partial charge in [0.15, 0.2) is 0 Å². The Kier molecular flexibility index (Phi) is 7.12. The van der Waals surface area contributed by atoms with Crippen LogP contribution in [0.1, 0.15) is 6.42 Å². The molecule has 0 heterocycles. The lowest BCUT2D eigenvalue weighted by atomic mass is 10.3. The van der Waals surface area contributed by atoms with Gasteiger partial charge < -0.3 is 15.5 Å². The van der Waals surface area contributed by atoms with Gasteiger partial charge in [-0.3, -0.25) is 4.79 Å². The largest absolute Gasteiger partial charge is 0.394 e. The lowest BCUT2D eigenvalue weighted by Gasteiger charge is -2.13. The average molecular weight is 290 g/mol. The van der Waals surface area contributed by atoms with Crippen LogP contribution in [0.25, 0.3) is 0 Å². The number of halogens is 1. The predicted octanol–water partition coefficient (Wildman–Crippen LogP) is 1.29. The summed E-state index contributed by atoms with van der Waals surface area (Å²) in [5.41, 5.74) is 0. The van der Waals surface area contributed by atoms with Crippen molar-refractivity contribution in [3.05, 3.63) is 29.3 Å². The van der Waals surface area contributed by atoms with E-state index in [9.17, 15) is 4.79 Å². The number of aliphatic hydroxyl groups is 2. The molecule has 1 amide bonds. The highest BCUT2D eigenvalue weighted by Gasteiger charge is 2.10. The fourth-order valence-corrected chi connectivity index (χ4v) is 2.45. The maximum Gasteiger partial charge on any atom is 0.221 e. The molecule has 4 nitrogen and oxygen atoms in total. The van der Waals surface area contributed by atoms with Crippen LogP contribution in [-0.2, 0) is 4.79 Å². The van der Waals surface area contributed by atoms with Crippen molar-refractivity contribution in [3.63, 3.8) is 0 Å². The Balaban J connectivity index is 2.29. The highest BCUT2D eigenvalue weighted by atomic mass is 35.5. The SMILES string of the molecule is O=C(CCSc1ccccc1Cl)NC(CO)CO. The molecule has 1 aromatic rings. The van der Waals surface area contributed by atoms with E-state index in [2.05, 4.69) is 5.32 Å². The normalized spacial score (nSPS) is 10.7. The molecule has 0 atom stereocenters. The maximum absolute atomic E-state index is 11.5. The molecule has 0 fully saturated rings. The lowest BCUT2D eigenvalue weighted by molar-refractivity contribution is -0.122. The van der Waals surface area contributed by atoms with Gasteiger partial charge in [-0.05, 0) is 12.1 Å². The smallest absolute Gasteiger partial charge is 0.221 e. The van der Waals surface area contributed by atoms with Gasteiger partial charge in [-0.2, -0.15) is 0 Å². The lowest BCUT2D eigenvalue weighted by Crippen LogP contribution is -2.40. The van der Waals surface area contributed by atoms with Gasteiger partial charge in [-0.1, -0.05) is 23.7 Å². The molecule has 0 aliphatic carbocycles. The first-order valence-electron chi connectivity index (χ1n) is 5.55. The minimum Gasteiger partial charge on any atom is -0.394 e. The topological polar surface area (TPSA) is 69.6 Å². The highest BCUT2D eigenvalue weighted by Crippen LogP contribution is 2.26. The summed E-state index contributed by atoms with van der Waals surface area (Å²) in [6.45, 7) is -0.528. The summed E-state index contributed by atoms with van der Waals surface area (Å²) in [5, 5.41) is 20.8. The molecule has 0 radical (unpaired) electrons. The Morgan fingerprint density at radius 1 is 1.33 bits per heavy atom. The summed E-state index contributed by atoms with van der Waals surface area (Å²) < 4.78 is 0. The molecule has 0 saturated carbocycles. The first-order chi connectivity index (χ1) is 8.67. The second-order valence-electron chi connectivity index (χ2n) is 3.66. The molecule has 6 heteroatoms. The predicted molar refractivity (Wildman–Crippen MR) is 72.9 cm³/mol. The maximum atomic E-state index is 11.5. The number of thioether (sulfide) groups is 1. The summed E-state index contributed by atoms with van der Waals surface area (Å²) in [7, 11) is 0. The zero-order valence-corrected chi connectivity index (χ0v) is 11.4. The van der Waals surface area contributed by atoms with E-state index in [0.717, 1.165) is 4.90 Å².